The van der Waals surface area contributed by atoms with Crippen molar-refractivity contribution < 1.29 is 27.9 Å². The standard InChI is InChI=1S/C28H21F3N2O3/c29-28(30,31)24-11-9-21(10-12-24)20-5-7-23(8-6-20)26(34)33-25(27(35)36)17-18-1-3-19(4-2-18)22-13-15-32-16-14-22/h1-16,25H,17H2,(H,33,34)(H,35,36)/t25-/m0/s1. The number of nitrogens with one attached hydrogen (secondary N) is 1. The second kappa shape index (κ2) is 10.4. The molecule has 0 bridgehead atoms. The van der Waals surface area contributed by atoms with Gasteiger partial charge in [-0.2, -0.15) is 13.2 Å². The van der Waals surface area contributed by atoms with Crippen LogP contribution in [0.25, 0.3) is 22.3 Å². The van der Waals surface area contributed by atoms with Gasteiger partial charge in [0.15, 0.2) is 0 Å². The van der Waals surface area contributed by atoms with Crippen molar-refractivity contribution in [1.82, 2.24) is 10.3 Å². The summed E-state index contributed by atoms with van der Waals surface area (Å²) in [4.78, 5) is 28.5. The monoisotopic (exact) mass is 490 g/mol. The molecule has 0 saturated carbocycles. The van der Waals surface area contributed by atoms with Gasteiger partial charge >= 0.3 is 12.1 Å². The molecule has 0 aliphatic carbocycles. The van der Waals surface area contributed by atoms with E-state index in [1.54, 1.807) is 24.5 Å². The van der Waals surface area contributed by atoms with E-state index in [9.17, 15) is 27.9 Å². The summed E-state index contributed by atoms with van der Waals surface area (Å²) in [5, 5.41) is 12.2. The highest BCUT2D eigenvalue weighted by molar-refractivity contribution is 5.97. The fourth-order valence-corrected chi connectivity index (χ4v) is 3.72. The number of hydrogen-bond acceptors (Lipinski definition) is 3. The molecule has 4 rings (SSSR count). The Morgan fingerprint density at radius 1 is 0.750 bits per heavy atom. The molecule has 4 aromatic rings. The van der Waals surface area contributed by atoms with Crippen molar-refractivity contribution in [2.75, 3.05) is 0 Å². The minimum absolute atomic E-state index is 0.0985. The number of carboxylic acid groups (broad SMARTS) is 1. The molecule has 1 heterocycles. The molecule has 8 heteroatoms. The van der Waals surface area contributed by atoms with E-state index in [0.717, 1.165) is 28.8 Å². The molecule has 0 aliphatic rings. The van der Waals surface area contributed by atoms with Gasteiger partial charge in [0.25, 0.3) is 5.91 Å². The molecule has 5 nitrogen and oxygen atoms in total. The van der Waals surface area contributed by atoms with Crippen LogP contribution in [0.15, 0.2) is 97.3 Å². The van der Waals surface area contributed by atoms with Crippen molar-refractivity contribution in [3.05, 3.63) is 114 Å². The molecule has 1 aromatic heterocycles. The van der Waals surface area contributed by atoms with Crippen LogP contribution in [0.3, 0.4) is 0 Å². The SMILES string of the molecule is O=C(N[C@@H](Cc1ccc(-c2ccncc2)cc1)C(=O)O)c1ccc(-c2ccc(C(F)(F)F)cc2)cc1. The minimum Gasteiger partial charge on any atom is -0.480 e. The number of amides is 1. The zero-order chi connectivity index (χ0) is 25.7. The lowest BCUT2D eigenvalue weighted by Gasteiger charge is -2.15. The molecule has 182 valence electrons. The second-order valence-electron chi connectivity index (χ2n) is 8.15. The van der Waals surface area contributed by atoms with Crippen LogP contribution in [0.5, 0.6) is 0 Å². The third-order valence-electron chi connectivity index (χ3n) is 5.70. The molecule has 2 N–H and O–H groups in total. The number of nitrogens with zero attached hydrogens (tertiary/aromatic N) is 1. The van der Waals surface area contributed by atoms with Crippen LogP contribution in [0.2, 0.25) is 0 Å². The van der Waals surface area contributed by atoms with Gasteiger partial charge in [0.1, 0.15) is 6.04 Å². The molecule has 0 fully saturated rings. The summed E-state index contributed by atoms with van der Waals surface area (Å²) < 4.78 is 38.3. The fraction of sp³-hybridized carbons (Fsp3) is 0.107. The van der Waals surface area contributed by atoms with Gasteiger partial charge in [-0.1, -0.05) is 48.5 Å². The predicted octanol–water partition coefficient (Wildman–Crippen LogP) is 5.86. The van der Waals surface area contributed by atoms with E-state index in [-0.39, 0.29) is 12.0 Å². The smallest absolute Gasteiger partial charge is 0.416 e. The molecular weight excluding hydrogens is 469 g/mol. The van der Waals surface area contributed by atoms with Crippen molar-refractivity contribution in [3.8, 4) is 22.3 Å². The van der Waals surface area contributed by atoms with Gasteiger partial charge in [0.2, 0.25) is 0 Å². The lowest BCUT2D eigenvalue weighted by Crippen LogP contribution is -2.42. The zero-order valence-corrected chi connectivity index (χ0v) is 18.9. The zero-order valence-electron chi connectivity index (χ0n) is 18.9. The van der Waals surface area contributed by atoms with E-state index >= 15 is 0 Å². The number of hydrogen-bond donors (Lipinski definition) is 2. The van der Waals surface area contributed by atoms with Gasteiger partial charge in [0, 0.05) is 24.4 Å². The maximum Gasteiger partial charge on any atom is 0.416 e. The van der Waals surface area contributed by atoms with Gasteiger partial charge < -0.3 is 10.4 Å². The Kier molecular flexibility index (Phi) is 7.15. The van der Waals surface area contributed by atoms with Crippen LogP contribution in [0.1, 0.15) is 21.5 Å². The van der Waals surface area contributed by atoms with Gasteiger partial charge in [0.05, 0.1) is 5.56 Å². The van der Waals surface area contributed by atoms with Crippen LogP contribution >= 0.6 is 0 Å². The summed E-state index contributed by atoms with van der Waals surface area (Å²) in [5.74, 6) is -1.72. The van der Waals surface area contributed by atoms with E-state index in [1.165, 1.54) is 24.3 Å². The highest BCUT2D eigenvalue weighted by Crippen LogP contribution is 2.31. The van der Waals surface area contributed by atoms with Crippen LogP contribution in [0, 0.1) is 0 Å². The number of pyridine rings is 1. The number of rotatable bonds is 7. The Balaban J connectivity index is 1.42. The van der Waals surface area contributed by atoms with Gasteiger partial charge in [-0.15, -0.1) is 0 Å². The first-order valence-electron chi connectivity index (χ1n) is 11.0. The highest BCUT2D eigenvalue weighted by atomic mass is 19.4. The number of carboxylic acids is 1. The van der Waals surface area contributed by atoms with Crippen molar-refractivity contribution in [3.63, 3.8) is 0 Å². The second-order valence-corrected chi connectivity index (χ2v) is 8.15. The van der Waals surface area contributed by atoms with E-state index in [4.69, 9.17) is 0 Å². The Morgan fingerprint density at radius 2 is 1.22 bits per heavy atom. The average Bonchev–Trinajstić information content (AvgIpc) is 2.89. The van der Waals surface area contributed by atoms with Gasteiger partial charge in [-0.3, -0.25) is 9.78 Å². The molecule has 0 spiro atoms. The summed E-state index contributed by atoms with van der Waals surface area (Å²) >= 11 is 0. The van der Waals surface area contributed by atoms with Gasteiger partial charge in [-0.05, 0) is 64.2 Å². The first-order valence-corrected chi connectivity index (χ1v) is 11.0. The van der Waals surface area contributed by atoms with Crippen LogP contribution < -0.4 is 5.32 Å². The third-order valence-corrected chi connectivity index (χ3v) is 5.70. The Bertz CT molecular complexity index is 1340. The molecule has 0 unspecified atom stereocenters. The number of alkyl halides is 3. The van der Waals surface area contributed by atoms with Crippen LogP contribution in [-0.2, 0) is 17.4 Å². The number of halogens is 3. The molecule has 0 radical (unpaired) electrons. The van der Waals surface area contributed by atoms with Crippen molar-refractivity contribution >= 4 is 11.9 Å². The van der Waals surface area contributed by atoms with E-state index in [0.29, 0.717) is 11.1 Å². The highest BCUT2D eigenvalue weighted by Gasteiger charge is 2.30. The first-order chi connectivity index (χ1) is 17.2. The Morgan fingerprint density at radius 3 is 1.72 bits per heavy atom. The number of carbonyl (C=O) groups excluding carboxylic acids is 1. The largest absolute Gasteiger partial charge is 0.480 e. The summed E-state index contributed by atoms with van der Waals surface area (Å²) in [5.41, 5.74) is 3.39. The molecule has 0 saturated heterocycles. The molecule has 1 amide bonds. The Hall–Kier alpha value is -4.46. The molecule has 36 heavy (non-hydrogen) atoms. The van der Waals surface area contributed by atoms with E-state index < -0.39 is 29.7 Å². The van der Waals surface area contributed by atoms with Crippen LogP contribution in [-0.4, -0.2) is 28.0 Å². The van der Waals surface area contributed by atoms with Crippen LogP contribution in [0.4, 0.5) is 13.2 Å². The summed E-state index contributed by atoms with van der Waals surface area (Å²) in [7, 11) is 0. The number of aliphatic carboxylic acids is 1. The maximum absolute atomic E-state index is 12.8. The van der Waals surface area contributed by atoms with Crippen molar-refractivity contribution in [2.24, 2.45) is 0 Å². The summed E-state index contributed by atoms with van der Waals surface area (Å²) in [6.45, 7) is 0. The van der Waals surface area contributed by atoms with Gasteiger partial charge in [-0.25, -0.2) is 4.79 Å². The lowest BCUT2D eigenvalue weighted by atomic mass is 10.0. The lowest BCUT2D eigenvalue weighted by molar-refractivity contribution is -0.139. The first kappa shape index (κ1) is 24.7. The number of benzene rings is 3. The topological polar surface area (TPSA) is 79.3 Å². The summed E-state index contributed by atoms with van der Waals surface area (Å²) in [6.07, 6.45) is -0.936. The number of carbonyl (C=O) groups is 2. The molecular formula is C28H21F3N2O3. The molecule has 0 aliphatic heterocycles. The average molecular weight is 490 g/mol. The normalized spacial score (nSPS) is 12.1. The Labute approximate surface area is 205 Å². The number of aromatic nitrogens is 1. The summed E-state index contributed by atoms with van der Waals surface area (Å²) in [6, 6.07) is 20.9. The quantitative estimate of drug-likeness (QED) is 0.340. The predicted molar refractivity (Wildman–Crippen MR) is 129 cm³/mol. The van der Waals surface area contributed by atoms with Crippen molar-refractivity contribution in [1.29, 1.82) is 0 Å². The van der Waals surface area contributed by atoms with Crippen molar-refractivity contribution in [2.45, 2.75) is 18.6 Å². The van der Waals surface area contributed by atoms with E-state index in [1.807, 2.05) is 36.4 Å². The fourth-order valence-electron chi connectivity index (χ4n) is 3.72. The van der Waals surface area contributed by atoms with E-state index in [2.05, 4.69) is 10.3 Å². The molecule has 3 aromatic carbocycles. The minimum atomic E-state index is -4.41. The maximum atomic E-state index is 12.8. The molecule has 1 atom stereocenters. The third kappa shape index (κ3) is 5.96.